The predicted octanol–water partition coefficient (Wildman–Crippen LogP) is 4.79. The smallest absolute Gasteiger partial charge is 0.0934 e. The second-order valence-corrected chi connectivity index (χ2v) is 5.62. The van der Waals surface area contributed by atoms with E-state index in [-0.39, 0.29) is 0 Å². The maximum absolute atomic E-state index is 6.21. The van der Waals surface area contributed by atoms with Gasteiger partial charge in [0.15, 0.2) is 0 Å². The zero-order chi connectivity index (χ0) is 16.4. The highest BCUT2D eigenvalue weighted by Crippen LogP contribution is 2.31. The fourth-order valence-corrected chi connectivity index (χ4v) is 2.82. The number of nitrogen functional groups attached to an aromatic ring is 1. The molecule has 3 nitrogen and oxygen atoms in total. The second-order valence-electron chi connectivity index (χ2n) is 5.62. The van der Waals surface area contributed by atoms with Crippen molar-refractivity contribution in [2.75, 3.05) is 5.73 Å². The number of nitrogens with zero attached hydrogens (tertiary/aromatic N) is 2. The summed E-state index contributed by atoms with van der Waals surface area (Å²) in [4.78, 5) is 0. The van der Waals surface area contributed by atoms with Crippen LogP contribution >= 0.6 is 0 Å². The lowest BCUT2D eigenvalue weighted by Gasteiger charge is -2.09. The van der Waals surface area contributed by atoms with Crippen LogP contribution in [0.2, 0.25) is 0 Å². The minimum atomic E-state index is 0.745. The summed E-state index contributed by atoms with van der Waals surface area (Å²) in [6.07, 6.45) is 0. The van der Waals surface area contributed by atoms with E-state index in [0.717, 1.165) is 33.9 Å². The fraction of sp³-hybridized carbons (Fsp3) is 0. The van der Waals surface area contributed by atoms with E-state index in [1.807, 2.05) is 77.5 Å². The van der Waals surface area contributed by atoms with Gasteiger partial charge in [0.2, 0.25) is 0 Å². The molecule has 1 heterocycles. The molecule has 0 spiro atoms. The van der Waals surface area contributed by atoms with Crippen molar-refractivity contribution in [1.82, 2.24) is 9.78 Å². The van der Waals surface area contributed by atoms with E-state index in [2.05, 4.69) is 18.2 Å². The van der Waals surface area contributed by atoms with Gasteiger partial charge >= 0.3 is 0 Å². The molecule has 0 saturated heterocycles. The molecule has 4 rings (SSSR count). The third kappa shape index (κ3) is 2.57. The summed E-state index contributed by atoms with van der Waals surface area (Å²) in [5.74, 6) is 0. The summed E-state index contributed by atoms with van der Waals surface area (Å²) < 4.78 is 1.95. The van der Waals surface area contributed by atoms with Gasteiger partial charge in [-0.15, -0.1) is 0 Å². The highest BCUT2D eigenvalue weighted by Gasteiger charge is 2.14. The number of anilines is 1. The van der Waals surface area contributed by atoms with Crippen molar-refractivity contribution in [3.05, 3.63) is 91.0 Å². The van der Waals surface area contributed by atoms with Crippen molar-refractivity contribution < 1.29 is 0 Å². The molecule has 2 N–H and O–H groups in total. The minimum Gasteiger partial charge on any atom is -0.398 e. The molecule has 3 aromatic carbocycles. The van der Waals surface area contributed by atoms with Gasteiger partial charge in [0.25, 0.3) is 0 Å². The third-order valence-electron chi connectivity index (χ3n) is 4.02. The number of nitrogens with two attached hydrogens (primary N) is 1. The molecule has 116 valence electrons. The monoisotopic (exact) mass is 311 g/mol. The first kappa shape index (κ1) is 14.3. The van der Waals surface area contributed by atoms with E-state index in [4.69, 9.17) is 10.8 Å². The minimum absolute atomic E-state index is 0.745. The van der Waals surface area contributed by atoms with Crippen molar-refractivity contribution in [1.29, 1.82) is 0 Å². The number of para-hydroxylation sites is 2. The average Bonchev–Trinajstić information content (AvgIpc) is 3.09. The van der Waals surface area contributed by atoms with Crippen LogP contribution in [0.15, 0.2) is 91.0 Å². The third-order valence-corrected chi connectivity index (χ3v) is 4.02. The van der Waals surface area contributed by atoms with Gasteiger partial charge in [-0.3, -0.25) is 0 Å². The molecule has 3 heteroatoms. The number of rotatable bonds is 3. The maximum atomic E-state index is 6.21. The predicted molar refractivity (Wildman–Crippen MR) is 98.8 cm³/mol. The van der Waals surface area contributed by atoms with Gasteiger partial charge in [-0.05, 0) is 24.3 Å². The van der Waals surface area contributed by atoms with Gasteiger partial charge in [0, 0.05) is 16.8 Å². The molecule has 0 aliphatic heterocycles. The lowest BCUT2D eigenvalue weighted by atomic mass is 10.1. The normalized spacial score (nSPS) is 10.7. The molecule has 24 heavy (non-hydrogen) atoms. The zero-order valence-corrected chi connectivity index (χ0v) is 13.1. The van der Waals surface area contributed by atoms with Crippen molar-refractivity contribution >= 4 is 5.69 Å². The Labute approximate surface area is 141 Å². The Bertz CT molecular complexity index is 957. The SMILES string of the molecule is Nc1ccccc1-c1cc(-c2ccccc2)nn1-c1ccccc1. The molecule has 0 atom stereocenters. The van der Waals surface area contributed by atoms with Gasteiger partial charge < -0.3 is 5.73 Å². The Kier molecular flexibility index (Phi) is 3.60. The van der Waals surface area contributed by atoms with Crippen molar-refractivity contribution in [2.24, 2.45) is 0 Å². The summed E-state index contributed by atoms with van der Waals surface area (Å²) in [7, 11) is 0. The molecule has 0 saturated carbocycles. The van der Waals surface area contributed by atoms with E-state index in [1.54, 1.807) is 0 Å². The Morgan fingerprint density at radius 2 is 1.33 bits per heavy atom. The maximum Gasteiger partial charge on any atom is 0.0934 e. The summed E-state index contributed by atoms with van der Waals surface area (Å²) in [6.45, 7) is 0. The molecule has 0 amide bonds. The molecule has 0 aliphatic rings. The molecule has 0 fully saturated rings. The van der Waals surface area contributed by atoms with Crippen LogP contribution in [0.1, 0.15) is 0 Å². The largest absolute Gasteiger partial charge is 0.398 e. The Balaban J connectivity index is 1.94. The van der Waals surface area contributed by atoms with E-state index < -0.39 is 0 Å². The molecule has 0 bridgehead atoms. The first-order valence-corrected chi connectivity index (χ1v) is 7.89. The number of hydrogen-bond donors (Lipinski definition) is 1. The second kappa shape index (κ2) is 6.05. The van der Waals surface area contributed by atoms with Crippen LogP contribution in [0.25, 0.3) is 28.2 Å². The van der Waals surface area contributed by atoms with Gasteiger partial charge in [-0.1, -0.05) is 66.7 Å². The van der Waals surface area contributed by atoms with Gasteiger partial charge in [-0.2, -0.15) is 5.10 Å². The topological polar surface area (TPSA) is 43.8 Å². The molecule has 0 unspecified atom stereocenters. The highest BCUT2D eigenvalue weighted by molar-refractivity contribution is 5.78. The molecule has 1 aromatic heterocycles. The molecule has 0 radical (unpaired) electrons. The van der Waals surface area contributed by atoms with Crippen molar-refractivity contribution in [2.45, 2.75) is 0 Å². The van der Waals surface area contributed by atoms with E-state index in [9.17, 15) is 0 Å². The van der Waals surface area contributed by atoms with Gasteiger partial charge in [0.1, 0.15) is 0 Å². The molecule has 0 aliphatic carbocycles. The van der Waals surface area contributed by atoms with Crippen molar-refractivity contribution in [3.63, 3.8) is 0 Å². The Morgan fingerprint density at radius 3 is 2.04 bits per heavy atom. The van der Waals surface area contributed by atoms with E-state index in [1.165, 1.54) is 0 Å². The highest BCUT2D eigenvalue weighted by atomic mass is 15.3. The van der Waals surface area contributed by atoms with Crippen LogP contribution in [0.5, 0.6) is 0 Å². The number of benzene rings is 3. The van der Waals surface area contributed by atoms with Crippen LogP contribution in [-0.4, -0.2) is 9.78 Å². The first-order chi connectivity index (χ1) is 11.8. The van der Waals surface area contributed by atoms with Crippen LogP contribution in [0, 0.1) is 0 Å². The summed E-state index contributed by atoms with van der Waals surface area (Å²) in [5.41, 5.74) is 11.9. The number of aromatic nitrogens is 2. The summed E-state index contributed by atoms with van der Waals surface area (Å²) >= 11 is 0. The van der Waals surface area contributed by atoms with Crippen LogP contribution < -0.4 is 5.73 Å². The van der Waals surface area contributed by atoms with Crippen molar-refractivity contribution in [3.8, 4) is 28.2 Å². The number of hydrogen-bond acceptors (Lipinski definition) is 2. The lowest BCUT2D eigenvalue weighted by molar-refractivity contribution is 0.892. The van der Waals surface area contributed by atoms with Gasteiger partial charge in [-0.25, -0.2) is 4.68 Å². The quantitative estimate of drug-likeness (QED) is 0.553. The molecule has 4 aromatic rings. The standard InChI is InChI=1S/C21H17N3/c22-19-14-8-7-13-18(19)21-15-20(16-9-3-1-4-10-16)23-24(21)17-11-5-2-6-12-17/h1-15H,22H2. The Hall–Kier alpha value is -3.33. The molecular weight excluding hydrogens is 294 g/mol. The fourth-order valence-electron chi connectivity index (χ4n) is 2.82. The van der Waals surface area contributed by atoms with E-state index in [0.29, 0.717) is 0 Å². The first-order valence-electron chi connectivity index (χ1n) is 7.89. The zero-order valence-electron chi connectivity index (χ0n) is 13.1. The molecular formula is C21H17N3. The average molecular weight is 311 g/mol. The summed E-state index contributed by atoms with van der Waals surface area (Å²) in [5, 5.41) is 4.83. The summed E-state index contributed by atoms with van der Waals surface area (Å²) in [6, 6.07) is 30.3. The van der Waals surface area contributed by atoms with Crippen LogP contribution in [0.4, 0.5) is 5.69 Å². The van der Waals surface area contributed by atoms with Crippen LogP contribution in [-0.2, 0) is 0 Å². The lowest BCUT2D eigenvalue weighted by Crippen LogP contribution is -2.00. The van der Waals surface area contributed by atoms with E-state index >= 15 is 0 Å². The Morgan fingerprint density at radius 1 is 0.708 bits per heavy atom. The van der Waals surface area contributed by atoms with Crippen LogP contribution in [0.3, 0.4) is 0 Å². The van der Waals surface area contributed by atoms with Gasteiger partial charge in [0.05, 0.1) is 17.1 Å².